The van der Waals surface area contributed by atoms with Gasteiger partial charge in [0, 0.05) is 25.7 Å². The Morgan fingerprint density at radius 2 is 0.567 bits per heavy atom. The maximum Gasteiger partial charge on any atom is 0.472 e. The van der Waals surface area contributed by atoms with Crippen LogP contribution in [0.2, 0.25) is 0 Å². The van der Waals surface area contributed by atoms with Gasteiger partial charge in [0.05, 0.1) is 26.4 Å². The number of hydrogen-bond donors (Lipinski definition) is 3. The van der Waals surface area contributed by atoms with Gasteiger partial charge in [0.1, 0.15) is 19.3 Å². The summed E-state index contributed by atoms with van der Waals surface area (Å²) >= 11 is 0. The zero-order valence-electron chi connectivity index (χ0n) is 58.4. The first-order valence-corrected chi connectivity index (χ1v) is 40.0. The number of esters is 4. The average Bonchev–Trinajstić information content (AvgIpc) is 3.71. The molecule has 0 radical (unpaired) electrons. The van der Waals surface area contributed by atoms with Crippen LogP contribution in [0.5, 0.6) is 0 Å². The van der Waals surface area contributed by atoms with Crippen molar-refractivity contribution in [2.45, 2.75) is 381 Å². The highest BCUT2D eigenvalue weighted by Gasteiger charge is 2.30. The molecule has 534 valence electrons. The largest absolute Gasteiger partial charge is 0.472 e. The van der Waals surface area contributed by atoms with Crippen LogP contribution in [0.4, 0.5) is 0 Å². The van der Waals surface area contributed by atoms with Crippen molar-refractivity contribution in [3.63, 3.8) is 0 Å². The van der Waals surface area contributed by atoms with Gasteiger partial charge in [-0.15, -0.1) is 0 Å². The summed E-state index contributed by atoms with van der Waals surface area (Å²) in [5, 5.41) is 10.6. The molecule has 0 saturated heterocycles. The van der Waals surface area contributed by atoms with Crippen LogP contribution in [0.1, 0.15) is 363 Å². The lowest BCUT2D eigenvalue weighted by molar-refractivity contribution is -0.161. The van der Waals surface area contributed by atoms with Crippen LogP contribution in [-0.4, -0.2) is 96.7 Å². The molecule has 0 heterocycles. The van der Waals surface area contributed by atoms with Gasteiger partial charge < -0.3 is 33.8 Å². The summed E-state index contributed by atoms with van der Waals surface area (Å²) in [5.74, 6) is -0.528. The minimum absolute atomic E-state index is 0.107. The Hall–Kier alpha value is -1.94. The Labute approximate surface area is 549 Å². The van der Waals surface area contributed by atoms with Gasteiger partial charge in [-0.05, 0) is 37.5 Å². The molecule has 0 aromatic carbocycles. The topological polar surface area (TPSA) is 237 Å². The first-order chi connectivity index (χ1) is 43.4. The van der Waals surface area contributed by atoms with Gasteiger partial charge in [0.15, 0.2) is 12.2 Å². The molecule has 0 rings (SSSR count). The predicted molar refractivity (Wildman–Crippen MR) is 363 cm³/mol. The zero-order chi connectivity index (χ0) is 66.5. The van der Waals surface area contributed by atoms with Gasteiger partial charge in [0.25, 0.3) is 0 Å². The lowest BCUT2D eigenvalue weighted by atomic mass is 9.99. The fourth-order valence-corrected chi connectivity index (χ4v) is 12.3. The highest BCUT2D eigenvalue weighted by Crippen LogP contribution is 2.45. The van der Waals surface area contributed by atoms with E-state index in [0.717, 1.165) is 108 Å². The third-order valence-corrected chi connectivity index (χ3v) is 18.7. The zero-order valence-corrected chi connectivity index (χ0v) is 60.2. The maximum absolute atomic E-state index is 13.0. The molecule has 0 aromatic heterocycles. The van der Waals surface area contributed by atoms with E-state index < -0.39 is 97.5 Å². The van der Waals surface area contributed by atoms with Gasteiger partial charge in [-0.2, -0.15) is 0 Å². The molecule has 19 heteroatoms. The van der Waals surface area contributed by atoms with Gasteiger partial charge in [-0.1, -0.05) is 311 Å². The minimum atomic E-state index is -4.95. The molecule has 0 aliphatic carbocycles. The quantitative estimate of drug-likeness (QED) is 0.0222. The predicted octanol–water partition coefficient (Wildman–Crippen LogP) is 20.4. The van der Waals surface area contributed by atoms with Crippen molar-refractivity contribution < 1.29 is 80.2 Å². The Morgan fingerprint density at radius 3 is 0.844 bits per heavy atom. The number of hydrogen-bond acceptors (Lipinski definition) is 15. The molecule has 90 heavy (non-hydrogen) atoms. The number of aliphatic hydroxyl groups excluding tert-OH is 1. The molecule has 0 fully saturated rings. The first-order valence-electron chi connectivity index (χ1n) is 37.0. The Morgan fingerprint density at radius 1 is 0.322 bits per heavy atom. The second-order valence-corrected chi connectivity index (χ2v) is 29.3. The van der Waals surface area contributed by atoms with Crippen LogP contribution < -0.4 is 0 Å². The SMILES string of the molecule is CCCCCCCCCCCCCCCCC(=O)O[C@H](COC(=O)CCCCCCC)COP(=O)(O)OC[C@H](O)COP(=O)(O)OC[C@@H](COC(=O)CCCCCCCCCCCCC(C)CC)OC(=O)CCCCCCCCCCCCCCCCC(C)C. The van der Waals surface area contributed by atoms with Gasteiger partial charge in [-0.25, -0.2) is 9.13 Å². The molecule has 0 bridgehead atoms. The number of unbranched alkanes of at least 4 members (excludes halogenated alkanes) is 39. The van der Waals surface area contributed by atoms with E-state index in [1.807, 2.05) is 0 Å². The van der Waals surface area contributed by atoms with Crippen LogP contribution >= 0.6 is 15.6 Å². The van der Waals surface area contributed by atoms with E-state index in [1.54, 1.807) is 0 Å². The number of carbonyl (C=O) groups excluding carboxylic acids is 4. The fourth-order valence-electron chi connectivity index (χ4n) is 10.7. The van der Waals surface area contributed by atoms with Gasteiger partial charge in [0.2, 0.25) is 0 Å². The molecular weight excluding hydrogens is 1190 g/mol. The first kappa shape index (κ1) is 88.1. The minimum Gasteiger partial charge on any atom is -0.462 e. The van der Waals surface area contributed by atoms with E-state index in [0.29, 0.717) is 25.7 Å². The molecule has 6 atom stereocenters. The molecule has 0 aliphatic rings. The number of carbonyl (C=O) groups is 4. The van der Waals surface area contributed by atoms with E-state index in [4.69, 9.17) is 37.0 Å². The van der Waals surface area contributed by atoms with E-state index in [1.165, 1.54) is 173 Å². The standard InChI is InChI=1S/C71H138O17P2/c1-7-10-12-14-15-16-17-18-22-25-32-37-43-49-55-70(75)87-66(59-81-68(73)53-47-39-13-11-8-2)61-85-89(77,78)83-57-65(72)58-84-90(79,80)86-62-67(60-82-69(74)54-48-42-36-31-28-27-30-35-41-46-52-64(6)9-3)88-71(76)56-50-44-38-33-26-23-20-19-21-24-29-34-40-45-51-63(4)5/h63-67,72H,7-62H2,1-6H3,(H,77,78)(H,79,80)/t64?,65-,66+,67+/m0/s1. The number of phosphoric acid groups is 2. The summed E-state index contributed by atoms with van der Waals surface area (Å²) in [6, 6.07) is 0. The molecule has 0 aliphatic heterocycles. The number of ether oxygens (including phenoxy) is 4. The Bertz CT molecular complexity index is 1750. The second-order valence-electron chi connectivity index (χ2n) is 26.3. The molecule has 3 N–H and O–H groups in total. The van der Waals surface area contributed by atoms with Crippen LogP contribution in [-0.2, 0) is 65.4 Å². The molecular formula is C71H138O17P2. The van der Waals surface area contributed by atoms with E-state index in [9.17, 15) is 43.2 Å². The molecule has 0 spiro atoms. The molecule has 0 saturated carbocycles. The third-order valence-electron chi connectivity index (χ3n) is 16.8. The Kier molecular flexibility index (Phi) is 61.8. The molecule has 3 unspecified atom stereocenters. The smallest absolute Gasteiger partial charge is 0.462 e. The van der Waals surface area contributed by atoms with Crippen LogP contribution in [0.15, 0.2) is 0 Å². The summed E-state index contributed by atoms with van der Waals surface area (Å²) in [6.45, 7) is 9.53. The third kappa shape index (κ3) is 63.5. The number of rotatable bonds is 70. The van der Waals surface area contributed by atoms with E-state index >= 15 is 0 Å². The van der Waals surface area contributed by atoms with Crippen molar-refractivity contribution in [3.8, 4) is 0 Å². The van der Waals surface area contributed by atoms with Crippen LogP contribution in [0, 0.1) is 11.8 Å². The van der Waals surface area contributed by atoms with Crippen molar-refractivity contribution in [1.82, 2.24) is 0 Å². The summed E-state index contributed by atoms with van der Waals surface area (Å²) in [4.78, 5) is 72.3. The second kappa shape index (κ2) is 63.1. The van der Waals surface area contributed by atoms with Crippen LogP contribution in [0.25, 0.3) is 0 Å². The van der Waals surface area contributed by atoms with E-state index in [2.05, 4.69) is 41.5 Å². The van der Waals surface area contributed by atoms with Crippen molar-refractivity contribution >= 4 is 39.5 Å². The van der Waals surface area contributed by atoms with Gasteiger partial charge in [-0.3, -0.25) is 37.3 Å². The molecule has 0 aromatic rings. The van der Waals surface area contributed by atoms with Gasteiger partial charge >= 0.3 is 39.5 Å². The van der Waals surface area contributed by atoms with E-state index in [-0.39, 0.29) is 25.7 Å². The van der Waals surface area contributed by atoms with Crippen molar-refractivity contribution in [2.75, 3.05) is 39.6 Å². The molecule has 17 nitrogen and oxygen atoms in total. The lowest BCUT2D eigenvalue weighted by Crippen LogP contribution is -2.30. The summed E-state index contributed by atoms with van der Waals surface area (Å²) < 4.78 is 68.1. The average molecular weight is 1330 g/mol. The number of phosphoric ester groups is 2. The monoisotopic (exact) mass is 1320 g/mol. The van der Waals surface area contributed by atoms with Crippen molar-refractivity contribution in [2.24, 2.45) is 11.8 Å². The maximum atomic E-state index is 13.0. The highest BCUT2D eigenvalue weighted by molar-refractivity contribution is 7.47. The van der Waals surface area contributed by atoms with Crippen molar-refractivity contribution in [3.05, 3.63) is 0 Å². The fraction of sp³-hybridized carbons (Fsp3) is 0.944. The Balaban J connectivity index is 5.16. The summed E-state index contributed by atoms with van der Waals surface area (Å²) in [5.41, 5.74) is 0. The summed E-state index contributed by atoms with van der Waals surface area (Å²) in [6.07, 6.45) is 48.8. The molecule has 0 amide bonds. The number of aliphatic hydroxyl groups is 1. The van der Waals surface area contributed by atoms with Crippen molar-refractivity contribution in [1.29, 1.82) is 0 Å². The summed E-state index contributed by atoms with van der Waals surface area (Å²) in [7, 11) is -9.89. The normalized spacial score (nSPS) is 14.4. The lowest BCUT2D eigenvalue weighted by Gasteiger charge is -2.21. The highest BCUT2D eigenvalue weighted by atomic mass is 31.2. The van der Waals surface area contributed by atoms with Crippen LogP contribution in [0.3, 0.4) is 0 Å².